The Morgan fingerprint density at radius 1 is 1.23 bits per heavy atom. The Hall–Kier alpha value is -4.15. The quantitative estimate of drug-likeness (QED) is 0.417. The van der Waals surface area contributed by atoms with Crippen LogP contribution in [0.2, 0.25) is 0 Å². The van der Waals surface area contributed by atoms with Crippen LogP contribution in [0.3, 0.4) is 0 Å². The zero-order valence-corrected chi connectivity index (χ0v) is 13.1. The summed E-state index contributed by atoms with van der Waals surface area (Å²) in [5.41, 5.74) is 5.03. The number of hydrogen-bond acceptors (Lipinski definition) is 7. The molecule has 1 aromatic carbocycles. The number of amides is 1. The first-order valence-corrected chi connectivity index (χ1v) is 7.19. The van der Waals surface area contributed by atoms with Gasteiger partial charge in [-0.3, -0.25) is 25.0 Å². The number of nitrogens with one attached hydrogen (secondary N) is 1. The van der Waals surface area contributed by atoms with Crippen molar-refractivity contribution >= 4 is 23.1 Å². The Balaban J connectivity index is 2.10. The Bertz CT molecular complexity index is 1050. The zero-order chi connectivity index (χ0) is 18.7. The van der Waals surface area contributed by atoms with Gasteiger partial charge in [0.1, 0.15) is 5.69 Å². The molecule has 26 heavy (non-hydrogen) atoms. The van der Waals surface area contributed by atoms with Crippen molar-refractivity contribution in [2.75, 3.05) is 0 Å². The molecule has 0 radical (unpaired) electrons. The summed E-state index contributed by atoms with van der Waals surface area (Å²) in [5, 5.41) is 21.1. The van der Waals surface area contributed by atoms with Gasteiger partial charge in [0, 0.05) is 23.9 Å². The average Bonchev–Trinajstić information content (AvgIpc) is 2.97. The van der Waals surface area contributed by atoms with Gasteiger partial charge in [-0.1, -0.05) is 0 Å². The van der Waals surface area contributed by atoms with Crippen LogP contribution in [0.25, 0.3) is 11.3 Å². The maximum Gasteiger partial charge on any atom is 0.341 e. The number of H-pyrrole nitrogens is 1. The van der Waals surface area contributed by atoms with Crippen LogP contribution in [0, 0.1) is 10.1 Å². The molecule has 11 nitrogen and oxygen atoms in total. The number of aromatic amines is 1. The molecule has 0 spiro atoms. The number of carbonyl (C=O) groups is 1. The second-order valence-electron chi connectivity index (χ2n) is 5.03. The predicted molar refractivity (Wildman–Crippen MR) is 90.5 cm³/mol. The highest BCUT2D eigenvalue weighted by Crippen LogP contribution is 2.28. The molecule has 130 valence electrons. The van der Waals surface area contributed by atoms with E-state index in [-0.39, 0.29) is 17.1 Å². The third-order valence-electron chi connectivity index (χ3n) is 3.36. The van der Waals surface area contributed by atoms with E-state index >= 15 is 0 Å². The van der Waals surface area contributed by atoms with Gasteiger partial charge in [-0.2, -0.15) is 4.68 Å². The molecule has 0 aliphatic heterocycles. The number of azo groups is 1. The summed E-state index contributed by atoms with van der Waals surface area (Å²) in [4.78, 5) is 37.9. The maximum atomic E-state index is 12.4. The lowest BCUT2D eigenvalue weighted by Crippen LogP contribution is -2.29. The molecule has 0 atom stereocenters. The Morgan fingerprint density at radius 3 is 2.54 bits per heavy atom. The van der Waals surface area contributed by atoms with Crippen LogP contribution in [0.1, 0.15) is 0 Å². The molecule has 2 aromatic heterocycles. The van der Waals surface area contributed by atoms with Crippen molar-refractivity contribution in [3.05, 3.63) is 69.3 Å². The number of pyridine rings is 1. The van der Waals surface area contributed by atoms with Crippen LogP contribution in [-0.2, 0) is 0 Å². The Labute approximate surface area is 145 Å². The molecule has 0 saturated carbocycles. The van der Waals surface area contributed by atoms with Crippen molar-refractivity contribution in [1.82, 2.24) is 14.8 Å². The monoisotopic (exact) mass is 353 g/mol. The smallest absolute Gasteiger partial charge is 0.341 e. The van der Waals surface area contributed by atoms with Gasteiger partial charge >= 0.3 is 11.6 Å². The first-order valence-electron chi connectivity index (χ1n) is 7.19. The number of nitro benzene ring substituents is 1. The zero-order valence-electron chi connectivity index (χ0n) is 13.1. The third-order valence-corrected chi connectivity index (χ3v) is 3.36. The number of carbonyl (C=O) groups excluding carboxylic acids is 1. The van der Waals surface area contributed by atoms with Crippen LogP contribution in [0.5, 0.6) is 0 Å². The van der Waals surface area contributed by atoms with Gasteiger partial charge in [0.05, 0.1) is 16.8 Å². The number of benzene rings is 1. The number of primary amides is 1. The van der Waals surface area contributed by atoms with E-state index in [0.29, 0.717) is 15.9 Å². The molecule has 0 unspecified atom stereocenters. The van der Waals surface area contributed by atoms with E-state index in [1.807, 2.05) is 0 Å². The van der Waals surface area contributed by atoms with Gasteiger partial charge in [-0.25, -0.2) is 4.79 Å². The number of hydrogen-bond donors (Lipinski definition) is 2. The summed E-state index contributed by atoms with van der Waals surface area (Å²) in [5.74, 6) is 0. The van der Waals surface area contributed by atoms with Crippen molar-refractivity contribution in [2.24, 2.45) is 16.0 Å². The molecule has 0 saturated heterocycles. The van der Waals surface area contributed by atoms with Gasteiger partial charge in [0.15, 0.2) is 5.69 Å². The molecule has 2 heterocycles. The maximum absolute atomic E-state index is 12.4. The van der Waals surface area contributed by atoms with Gasteiger partial charge in [-0.05, 0) is 24.3 Å². The lowest BCUT2D eigenvalue weighted by atomic mass is 10.1. The van der Waals surface area contributed by atoms with Crippen LogP contribution in [0.15, 0.2) is 63.8 Å². The molecule has 3 N–H and O–H groups in total. The Morgan fingerprint density at radius 2 is 1.96 bits per heavy atom. The van der Waals surface area contributed by atoms with E-state index in [2.05, 4.69) is 20.3 Å². The van der Waals surface area contributed by atoms with Crippen molar-refractivity contribution in [3.8, 4) is 11.3 Å². The summed E-state index contributed by atoms with van der Waals surface area (Å²) in [7, 11) is 0. The van der Waals surface area contributed by atoms with Crippen LogP contribution in [-0.4, -0.2) is 25.7 Å². The fraction of sp³-hybridized carbons (Fsp3) is 0. The molecule has 1 amide bonds. The third kappa shape index (κ3) is 3.21. The summed E-state index contributed by atoms with van der Waals surface area (Å²) < 4.78 is 0.578. The minimum Gasteiger partial charge on any atom is -0.350 e. The van der Waals surface area contributed by atoms with Gasteiger partial charge in [-0.15, -0.1) is 10.2 Å². The van der Waals surface area contributed by atoms with E-state index in [1.54, 1.807) is 18.3 Å². The van der Waals surface area contributed by atoms with E-state index in [4.69, 9.17) is 5.73 Å². The molecule has 0 aliphatic carbocycles. The fourth-order valence-corrected chi connectivity index (χ4v) is 2.15. The minimum atomic E-state index is -1.03. The van der Waals surface area contributed by atoms with E-state index < -0.39 is 16.5 Å². The standard InChI is InChI=1S/C15H11N7O4/c16-15(24)21-14(23)13(19-18-10-2-1-7-17-8-10)12(20-21)9-3-5-11(6-4-9)22(25)26/h1-8,20H,(H2,16,24). The predicted octanol–water partition coefficient (Wildman–Crippen LogP) is 2.49. The molecular formula is C15H11N7O4. The van der Waals surface area contributed by atoms with Crippen molar-refractivity contribution < 1.29 is 9.72 Å². The van der Waals surface area contributed by atoms with Gasteiger partial charge < -0.3 is 5.73 Å². The van der Waals surface area contributed by atoms with Crippen LogP contribution >= 0.6 is 0 Å². The average molecular weight is 353 g/mol. The highest BCUT2D eigenvalue weighted by Gasteiger charge is 2.19. The number of non-ortho nitro benzene ring substituents is 1. The van der Waals surface area contributed by atoms with Gasteiger partial charge in [0.2, 0.25) is 0 Å². The lowest BCUT2D eigenvalue weighted by molar-refractivity contribution is -0.384. The summed E-state index contributed by atoms with van der Waals surface area (Å²) in [6.45, 7) is 0. The Kier molecular flexibility index (Phi) is 4.34. The SMILES string of the molecule is NC(=O)n1[nH]c(-c2ccc([N+](=O)[O-])cc2)c(N=Nc2cccnc2)c1=O. The fourth-order valence-electron chi connectivity index (χ4n) is 2.15. The van der Waals surface area contributed by atoms with Gasteiger partial charge in [0.25, 0.3) is 5.69 Å². The molecular weight excluding hydrogens is 342 g/mol. The first kappa shape index (κ1) is 16.7. The highest BCUT2D eigenvalue weighted by atomic mass is 16.6. The summed E-state index contributed by atoms with van der Waals surface area (Å²) in [6, 6.07) is 7.59. The second kappa shape index (κ2) is 6.76. The normalized spacial score (nSPS) is 10.9. The van der Waals surface area contributed by atoms with Crippen molar-refractivity contribution in [1.29, 1.82) is 0 Å². The largest absolute Gasteiger partial charge is 0.350 e. The van der Waals surface area contributed by atoms with Crippen molar-refractivity contribution in [2.45, 2.75) is 0 Å². The van der Waals surface area contributed by atoms with Crippen molar-refractivity contribution in [3.63, 3.8) is 0 Å². The number of nitrogens with two attached hydrogens (primary N) is 1. The summed E-state index contributed by atoms with van der Waals surface area (Å²) in [6.07, 6.45) is 2.99. The molecule has 0 bridgehead atoms. The number of aromatic nitrogens is 3. The molecule has 11 heteroatoms. The van der Waals surface area contributed by atoms with Crippen LogP contribution < -0.4 is 11.3 Å². The number of nitrogens with zero attached hydrogens (tertiary/aromatic N) is 5. The molecule has 3 aromatic rings. The lowest BCUT2D eigenvalue weighted by Gasteiger charge is -1.99. The van der Waals surface area contributed by atoms with E-state index in [1.165, 1.54) is 30.5 Å². The molecule has 0 aliphatic rings. The van der Waals surface area contributed by atoms with E-state index in [0.717, 1.165) is 0 Å². The minimum absolute atomic E-state index is 0.121. The summed E-state index contributed by atoms with van der Waals surface area (Å²) >= 11 is 0. The number of rotatable bonds is 4. The molecule has 3 rings (SSSR count). The topological polar surface area (TPSA) is 162 Å². The number of nitro groups is 1. The molecule has 0 fully saturated rings. The second-order valence-corrected chi connectivity index (χ2v) is 5.03. The van der Waals surface area contributed by atoms with Crippen LogP contribution in [0.4, 0.5) is 21.9 Å². The van der Waals surface area contributed by atoms with E-state index in [9.17, 15) is 19.7 Å². The first-order chi connectivity index (χ1) is 12.5. The highest BCUT2D eigenvalue weighted by molar-refractivity contribution is 5.79.